The first kappa shape index (κ1) is 26.4. The summed E-state index contributed by atoms with van der Waals surface area (Å²) < 4.78 is 128. The Labute approximate surface area is 205 Å². The molecule has 0 amide bonds. The van der Waals surface area contributed by atoms with Gasteiger partial charge in [0.2, 0.25) is 0 Å². The van der Waals surface area contributed by atoms with Crippen molar-refractivity contribution in [3.05, 3.63) is 101 Å². The van der Waals surface area contributed by atoms with Gasteiger partial charge in [-0.25, -0.2) is 17.6 Å². The van der Waals surface area contributed by atoms with E-state index in [1.807, 2.05) is 6.92 Å². The molecular weight excluding hydrogens is 511 g/mol. The van der Waals surface area contributed by atoms with Crippen LogP contribution in [0.2, 0.25) is 0 Å². The summed E-state index contributed by atoms with van der Waals surface area (Å²) in [6, 6.07) is 10.4. The van der Waals surface area contributed by atoms with Gasteiger partial charge in [0, 0.05) is 17.7 Å². The molecule has 10 heteroatoms. The molecule has 0 saturated carbocycles. The zero-order valence-corrected chi connectivity index (χ0v) is 19.0. The normalized spacial score (nSPS) is 12.3. The molecule has 0 N–H and O–H groups in total. The largest absolute Gasteiger partial charge is 0.429 e. The first-order valence-electron chi connectivity index (χ1n) is 11.0. The fraction of sp³-hybridized carbons (Fsp3) is 0.185. The number of rotatable bonds is 6. The van der Waals surface area contributed by atoms with Crippen LogP contribution in [0.5, 0.6) is 5.75 Å². The summed E-state index contributed by atoms with van der Waals surface area (Å²) in [7, 11) is 0. The van der Waals surface area contributed by atoms with E-state index >= 15 is 0 Å². The van der Waals surface area contributed by atoms with Crippen molar-refractivity contribution >= 4 is 10.8 Å². The van der Waals surface area contributed by atoms with Gasteiger partial charge >= 0.3 is 12.3 Å². The van der Waals surface area contributed by atoms with Crippen molar-refractivity contribution < 1.29 is 44.3 Å². The quantitative estimate of drug-likeness (QED) is 0.227. The number of alkyl halides is 5. The van der Waals surface area contributed by atoms with Crippen LogP contribution in [0.15, 0.2) is 60.7 Å². The molecule has 0 aliphatic carbocycles. The van der Waals surface area contributed by atoms with E-state index < -0.39 is 52.4 Å². The number of hydrogen-bond acceptors (Lipinski definition) is 1. The molecular formula is C27H17F9O. The molecule has 0 bridgehead atoms. The van der Waals surface area contributed by atoms with E-state index in [-0.39, 0.29) is 28.6 Å². The van der Waals surface area contributed by atoms with Crippen LogP contribution in [-0.2, 0) is 18.7 Å². The monoisotopic (exact) mass is 528 g/mol. The first-order chi connectivity index (χ1) is 17.3. The smallest absolute Gasteiger partial charge is 0.426 e. The van der Waals surface area contributed by atoms with Gasteiger partial charge in [-0.3, -0.25) is 0 Å². The highest BCUT2D eigenvalue weighted by Gasteiger charge is 2.40. The maximum Gasteiger partial charge on any atom is 0.426 e. The molecule has 0 aliphatic heterocycles. The van der Waals surface area contributed by atoms with Crippen LogP contribution in [0, 0.1) is 23.3 Å². The summed E-state index contributed by atoms with van der Waals surface area (Å²) >= 11 is 0. The second-order valence-corrected chi connectivity index (χ2v) is 8.31. The van der Waals surface area contributed by atoms with Gasteiger partial charge in [-0.1, -0.05) is 43.7 Å². The average Bonchev–Trinajstić information content (AvgIpc) is 2.80. The molecule has 0 heterocycles. The van der Waals surface area contributed by atoms with Gasteiger partial charge < -0.3 is 4.74 Å². The van der Waals surface area contributed by atoms with Gasteiger partial charge in [-0.2, -0.15) is 22.0 Å². The van der Waals surface area contributed by atoms with Gasteiger partial charge in [-0.05, 0) is 46.5 Å². The summed E-state index contributed by atoms with van der Waals surface area (Å²) in [6.07, 6.45) is -8.54. The number of halogens is 9. The third kappa shape index (κ3) is 5.23. The maximum atomic E-state index is 14.7. The number of fused-ring (bicyclic) bond motifs is 1. The zero-order valence-electron chi connectivity index (χ0n) is 19.0. The van der Waals surface area contributed by atoms with Crippen LogP contribution in [0.1, 0.15) is 30.0 Å². The predicted octanol–water partition coefficient (Wildman–Crippen LogP) is 9.16. The van der Waals surface area contributed by atoms with Crippen molar-refractivity contribution in [1.29, 1.82) is 0 Å². The topological polar surface area (TPSA) is 9.23 Å². The predicted molar refractivity (Wildman–Crippen MR) is 119 cm³/mol. The number of aryl methyl sites for hydroxylation is 1. The molecule has 0 saturated heterocycles. The molecule has 4 aromatic carbocycles. The summed E-state index contributed by atoms with van der Waals surface area (Å²) in [4.78, 5) is 0. The number of benzene rings is 4. The van der Waals surface area contributed by atoms with Crippen LogP contribution in [0.3, 0.4) is 0 Å². The van der Waals surface area contributed by atoms with Gasteiger partial charge in [0.1, 0.15) is 22.9 Å². The Balaban J connectivity index is 1.64. The third-order valence-corrected chi connectivity index (χ3v) is 5.71. The van der Waals surface area contributed by atoms with Crippen LogP contribution in [0.25, 0.3) is 21.9 Å². The van der Waals surface area contributed by atoms with E-state index in [0.717, 1.165) is 12.1 Å². The minimum atomic E-state index is -5.36. The average molecular weight is 528 g/mol. The van der Waals surface area contributed by atoms with Crippen LogP contribution in [-0.4, -0.2) is 0 Å². The zero-order chi connectivity index (χ0) is 27.1. The molecule has 0 unspecified atom stereocenters. The van der Waals surface area contributed by atoms with Gasteiger partial charge in [0.25, 0.3) is 0 Å². The second kappa shape index (κ2) is 9.64. The van der Waals surface area contributed by atoms with Crippen molar-refractivity contribution in [3.8, 4) is 16.9 Å². The van der Waals surface area contributed by atoms with E-state index in [9.17, 15) is 39.5 Å². The van der Waals surface area contributed by atoms with Gasteiger partial charge in [-0.15, -0.1) is 0 Å². The molecule has 1 nitrogen and oxygen atoms in total. The van der Waals surface area contributed by atoms with Crippen molar-refractivity contribution in [3.63, 3.8) is 0 Å². The summed E-state index contributed by atoms with van der Waals surface area (Å²) in [5, 5.41) is 0.638. The second-order valence-electron chi connectivity index (χ2n) is 8.31. The lowest BCUT2D eigenvalue weighted by molar-refractivity contribution is -0.185. The van der Waals surface area contributed by atoms with E-state index in [1.165, 1.54) is 36.4 Å². The molecule has 0 fully saturated rings. The third-order valence-electron chi connectivity index (χ3n) is 5.71. The Kier molecular flexibility index (Phi) is 6.87. The molecule has 37 heavy (non-hydrogen) atoms. The highest BCUT2D eigenvalue weighted by Crippen LogP contribution is 2.39. The Hall–Kier alpha value is -3.69. The van der Waals surface area contributed by atoms with Crippen molar-refractivity contribution in [2.24, 2.45) is 0 Å². The summed E-state index contributed by atoms with van der Waals surface area (Å²) in [5.74, 6) is -7.33. The molecule has 0 aromatic heterocycles. The fourth-order valence-electron chi connectivity index (χ4n) is 3.96. The first-order valence-corrected chi connectivity index (χ1v) is 11.0. The molecule has 4 rings (SSSR count). The standard InChI is InChI=1S/C27H17F9O/c1-2-3-14-7-9-20(25(31)24(14)30)17-5-4-16-11-18(8-6-15(16)10-17)27(35,36)37-19-12-21(28)23(22(29)13-19)26(32,33)34/h4-13H,2-3H2,1H3. The Morgan fingerprint density at radius 3 is 1.95 bits per heavy atom. The maximum absolute atomic E-state index is 14.7. The molecule has 194 valence electrons. The van der Waals surface area contributed by atoms with Gasteiger partial charge in [0.05, 0.1) is 5.56 Å². The van der Waals surface area contributed by atoms with E-state index in [4.69, 9.17) is 0 Å². The van der Waals surface area contributed by atoms with Crippen molar-refractivity contribution in [1.82, 2.24) is 0 Å². The van der Waals surface area contributed by atoms with Crippen LogP contribution in [0.4, 0.5) is 39.5 Å². The lowest BCUT2D eigenvalue weighted by Gasteiger charge is -2.20. The SMILES string of the molecule is CCCc1ccc(-c2ccc3cc(C(F)(F)Oc4cc(F)c(C(F)(F)F)c(F)c4)ccc3c2)c(F)c1F. The number of ether oxygens (including phenoxy) is 1. The lowest BCUT2D eigenvalue weighted by atomic mass is 9.97. The van der Waals surface area contributed by atoms with E-state index in [1.54, 1.807) is 0 Å². The fourth-order valence-corrected chi connectivity index (χ4v) is 3.96. The Morgan fingerprint density at radius 2 is 1.32 bits per heavy atom. The molecule has 0 radical (unpaired) electrons. The molecule has 4 aromatic rings. The van der Waals surface area contributed by atoms with E-state index in [0.29, 0.717) is 23.8 Å². The lowest BCUT2D eigenvalue weighted by Crippen LogP contribution is -2.22. The van der Waals surface area contributed by atoms with Crippen molar-refractivity contribution in [2.45, 2.75) is 32.1 Å². The Morgan fingerprint density at radius 1 is 0.703 bits per heavy atom. The van der Waals surface area contributed by atoms with Crippen molar-refractivity contribution in [2.75, 3.05) is 0 Å². The molecule has 0 atom stereocenters. The van der Waals surface area contributed by atoms with Gasteiger partial charge in [0.15, 0.2) is 11.6 Å². The number of hydrogen-bond donors (Lipinski definition) is 0. The summed E-state index contributed by atoms with van der Waals surface area (Å²) in [6.45, 7) is 1.83. The molecule has 0 aliphatic rings. The Bertz CT molecular complexity index is 1450. The highest BCUT2D eigenvalue weighted by atomic mass is 19.4. The van der Waals surface area contributed by atoms with E-state index in [2.05, 4.69) is 4.74 Å². The minimum Gasteiger partial charge on any atom is -0.429 e. The van der Waals surface area contributed by atoms with Crippen LogP contribution < -0.4 is 4.74 Å². The van der Waals surface area contributed by atoms with Crippen LogP contribution >= 0.6 is 0 Å². The minimum absolute atomic E-state index is 0.0108. The summed E-state index contributed by atoms with van der Waals surface area (Å²) in [5.41, 5.74) is -2.44. The highest BCUT2D eigenvalue weighted by molar-refractivity contribution is 5.88. The molecule has 0 spiro atoms.